The van der Waals surface area contributed by atoms with Crippen LogP contribution in [0.1, 0.15) is 35.7 Å². The Morgan fingerprint density at radius 2 is 2.05 bits per heavy atom. The number of aromatic nitrogens is 1. The fourth-order valence-corrected chi connectivity index (χ4v) is 3.14. The third-order valence-electron chi connectivity index (χ3n) is 4.15. The first-order chi connectivity index (χ1) is 9.78. The van der Waals surface area contributed by atoms with E-state index in [1.54, 1.807) is 0 Å². The molecule has 2 nitrogen and oxygen atoms in total. The summed E-state index contributed by atoms with van der Waals surface area (Å²) in [4.78, 5) is 6.97. The Balaban J connectivity index is 1.89. The van der Waals surface area contributed by atoms with Gasteiger partial charge in [-0.1, -0.05) is 31.2 Å². The van der Waals surface area contributed by atoms with Crippen LogP contribution >= 0.6 is 0 Å². The van der Waals surface area contributed by atoms with E-state index in [1.807, 2.05) is 6.20 Å². The van der Waals surface area contributed by atoms with Crippen molar-refractivity contribution in [3.05, 3.63) is 58.9 Å². The molecular weight excluding hydrogens is 244 g/mol. The largest absolute Gasteiger partial charge is 0.366 e. The molecule has 1 aromatic carbocycles. The highest BCUT2D eigenvalue weighted by atomic mass is 15.1. The molecule has 0 N–H and O–H groups in total. The minimum absolute atomic E-state index is 0.993. The molecule has 1 aliphatic rings. The van der Waals surface area contributed by atoms with Gasteiger partial charge in [0.25, 0.3) is 0 Å². The van der Waals surface area contributed by atoms with E-state index in [2.05, 4.69) is 54.1 Å². The Hall–Kier alpha value is -1.83. The second-order valence-corrected chi connectivity index (χ2v) is 5.60. The fraction of sp³-hybridized carbons (Fsp3) is 0.389. The van der Waals surface area contributed by atoms with Gasteiger partial charge in [-0.3, -0.25) is 4.98 Å². The molecule has 0 saturated heterocycles. The van der Waals surface area contributed by atoms with Crippen molar-refractivity contribution in [1.29, 1.82) is 0 Å². The summed E-state index contributed by atoms with van der Waals surface area (Å²) in [5.41, 5.74) is 6.80. The lowest BCUT2D eigenvalue weighted by molar-refractivity contribution is 0.684. The number of hydrogen-bond donors (Lipinski definition) is 0. The summed E-state index contributed by atoms with van der Waals surface area (Å²) < 4.78 is 0. The molecule has 0 bridgehead atoms. The monoisotopic (exact) mass is 266 g/mol. The summed E-state index contributed by atoms with van der Waals surface area (Å²) in [5.74, 6) is 0. The first kappa shape index (κ1) is 13.2. The average Bonchev–Trinajstić information content (AvgIpc) is 2.48. The van der Waals surface area contributed by atoms with Crippen LogP contribution in [0.25, 0.3) is 0 Å². The van der Waals surface area contributed by atoms with Gasteiger partial charge in [-0.15, -0.1) is 0 Å². The predicted molar refractivity (Wildman–Crippen MR) is 84.2 cm³/mol. The van der Waals surface area contributed by atoms with Crippen LogP contribution in [0.4, 0.5) is 5.69 Å². The molecule has 0 aliphatic carbocycles. The van der Waals surface area contributed by atoms with Gasteiger partial charge in [0, 0.05) is 19.3 Å². The third kappa shape index (κ3) is 2.55. The van der Waals surface area contributed by atoms with Gasteiger partial charge in [-0.25, -0.2) is 0 Å². The van der Waals surface area contributed by atoms with Crippen molar-refractivity contribution in [1.82, 2.24) is 4.98 Å². The molecule has 1 aromatic heterocycles. The van der Waals surface area contributed by atoms with E-state index in [-0.39, 0.29) is 0 Å². The van der Waals surface area contributed by atoms with Gasteiger partial charge < -0.3 is 4.90 Å². The normalized spacial score (nSPS) is 14.2. The highest BCUT2D eigenvalue weighted by Crippen LogP contribution is 2.30. The third-order valence-corrected chi connectivity index (χ3v) is 4.15. The zero-order valence-corrected chi connectivity index (χ0v) is 12.4. The van der Waals surface area contributed by atoms with E-state index in [1.165, 1.54) is 35.2 Å². The SMILES string of the molecule is CCc1cccc(CN2CCCc3ccnc(C)c32)c1. The molecule has 0 spiro atoms. The lowest BCUT2D eigenvalue weighted by Gasteiger charge is -2.32. The maximum Gasteiger partial charge on any atom is 0.0618 e. The first-order valence-corrected chi connectivity index (χ1v) is 7.55. The van der Waals surface area contributed by atoms with E-state index < -0.39 is 0 Å². The molecule has 0 fully saturated rings. The number of anilines is 1. The average molecular weight is 266 g/mol. The van der Waals surface area contributed by atoms with Gasteiger partial charge in [0.15, 0.2) is 0 Å². The molecule has 0 atom stereocenters. The smallest absolute Gasteiger partial charge is 0.0618 e. The first-order valence-electron chi connectivity index (χ1n) is 7.55. The standard InChI is InChI=1S/C18H22N2/c1-3-15-6-4-7-16(12-15)13-20-11-5-8-17-9-10-19-14(2)18(17)20/h4,6-7,9-10,12H,3,5,8,11,13H2,1-2H3. The number of fused-ring (bicyclic) bond motifs is 1. The summed E-state index contributed by atoms with van der Waals surface area (Å²) in [6.07, 6.45) is 5.47. The topological polar surface area (TPSA) is 16.1 Å². The van der Waals surface area contributed by atoms with E-state index in [4.69, 9.17) is 0 Å². The molecule has 3 rings (SSSR count). The predicted octanol–water partition coefficient (Wildman–Crippen LogP) is 3.91. The second-order valence-electron chi connectivity index (χ2n) is 5.60. The number of rotatable bonds is 3. The Bertz CT molecular complexity index is 604. The number of benzene rings is 1. The molecule has 0 unspecified atom stereocenters. The van der Waals surface area contributed by atoms with Crippen LogP contribution in [0.2, 0.25) is 0 Å². The lowest BCUT2D eigenvalue weighted by atomic mass is 10.0. The van der Waals surface area contributed by atoms with E-state index >= 15 is 0 Å². The summed E-state index contributed by atoms with van der Waals surface area (Å²) in [7, 11) is 0. The molecule has 20 heavy (non-hydrogen) atoms. The molecule has 104 valence electrons. The highest BCUT2D eigenvalue weighted by Gasteiger charge is 2.19. The van der Waals surface area contributed by atoms with Crippen molar-refractivity contribution in [3.63, 3.8) is 0 Å². The van der Waals surface area contributed by atoms with E-state index in [0.29, 0.717) is 0 Å². The van der Waals surface area contributed by atoms with Gasteiger partial charge in [0.05, 0.1) is 11.4 Å². The van der Waals surface area contributed by atoms with Crippen molar-refractivity contribution in [3.8, 4) is 0 Å². The highest BCUT2D eigenvalue weighted by molar-refractivity contribution is 5.58. The van der Waals surface area contributed by atoms with Crippen LogP contribution in [0.3, 0.4) is 0 Å². The quantitative estimate of drug-likeness (QED) is 0.837. The van der Waals surface area contributed by atoms with Crippen molar-refractivity contribution in [2.45, 2.75) is 39.7 Å². The van der Waals surface area contributed by atoms with Crippen LogP contribution in [-0.2, 0) is 19.4 Å². The Labute approximate surface area is 121 Å². The molecular formula is C18H22N2. The molecule has 0 radical (unpaired) electrons. The van der Waals surface area contributed by atoms with Crippen molar-refractivity contribution in [2.75, 3.05) is 11.4 Å². The van der Waals surface area contributed by atoms with E-state index in [0.717, 1.165) is 25.2 Å². The molecule has 2 aromatic rings. The molecule has 2 heterocycles. The zero-order chi connectivity index (χ0) is 13.9. The summed E-state index contributed by atoms with van der Waals surface area (Å²) in [6, 6.07) is 11.1. The van der Waals surface area contributed by atoms with Gasteiger partial charge in [-0.2, -0.15) is 0 Å². The van der Waals surface area contributed by atoms with Crippen molar-refractivity contribution >= 4 is 5.69 Å². The van der Waals surface area contributed by atoms with Gasteiger partial charge in [-0.05, 0) is 48.9 Å². The maximum absolute atomic E-state index is 4.48. The summed E-state index contributed by atoms with van der Waals surface area (Å²) >= 11 is 0. The number of nitrogens with zero attached hydrogens (tertiary/aromatic N) is 2. The Morgan fingerprint density at radius 1 is 1.20 bits per heavy atom. The second kappa shape index (κ2) is 5.66. The van der Waals surface area contributed by atoms with E-state index in [9.17, 15) is 0 Å². The minimum Gasteiger partial charge on any atom is -0.366 e. The zero-order valence-electron chi connectivity index (χ0n) is 12.4. The van der Waals surface area contributed by atoms with Gasteiger partial charge >= 0.3 is 0 Å². The minimum atomic E-state index is 0.993. The van der Waals surface area contributed by atoms with Crippen LogP contribution in [0.5, 0.6) is 0 Å². The van der Waals surface area contributed by atoms with Gasteiger partial charge in [0.1, 0.15) is 0 Å². The summed E-state index contributed by atoms with van der Waals surface area (Å²) in [5, 5.41) is 0. The van der Waals surface area contributed by atoms with Crippen LogP contribution in [0.15, 0.2) is 36.5 Å². The van der Waals surface area contributed by atoms with Crippen molar-refractivity contribution in [2.24, 2.45) is 0 Å². The van der Waals surface area contributed by atoms with Crippen LogP contribution < -0.4 is 4.90 Å². The van der Waals surface area contributed by atoms with Crippen LogP contribution in [-0.4, -0.2) is 11.5 Å². The Kier molecular flexibility index (Phi) is 3.72. The molecule has 2 heteroatoms. The van der Waals surface area contributed by atoms with Crippen molar-refractivity contribution < 1.29 is 0 Å². The molecule has 0 amide bonds. The maximum atomic E-state index is 4.48. The number of aryl methyl sites for hydroxylation is 3. The van der Waals surface area contributed by atoms with Crippen LogP contribution in [0, 0.1) is 6.92 Å². The lowest BCUT2D eigenvalue weighted by Crippen LogP contribution is -2.29. The Morgan fingerprint density at radius 3 is 2.90 bits per heavy atom. The molecule has 1 aliphatic heterocycles. The number of pyridine rings is 1. The summed E-state index contributed by atoms with van der Waals surface area (Å²) in [6.45, 7) is 6.46. The molecule has 0 saturated carbocycles. The fourth-order valence-electron chi connectivity index (χ4n) is 3.14. The van der Waals surface area contributed by atoms with Gasteiger partial charge in [0.2, 0.25) is 0 Å². The number of hydrogen-bond acceptors (Lipinski definition) is 2.